The molecule has 0 aromatic carbocycles. The lowest BCUT2D eigenvalue weighted by atomic mass is 10.0. The van der Waals surface area contributed by atoms with Crippen molar-refractivity contribution in [2.45, 2.75) is 39.7 Å². The molecule has 0 bridgehead atoms. The maximum absolute atomic E-state index is 12.2. The molecule has 1 aliphatic heterocycles. The number of nitrogens with two attached hydrogens (primary N) is 1. The molecule has 0 aliphatic carbocycles. The predicted octanol–water partition coefficient (Wildman–Crippen LogP) is 1.24. The number of nitrogens with zero attached hydrogens (tertiary/aromatic N) is 2. The Balaban J connectivity index is 2.44. The number of hydrogen-bond acceptors (Lipinski definition) is 3. The first-order valence-electron chi connectivity index (χ1n) is 6.79. The van der Waals surface area contributed by atoms with Crippen molar-refractivity contribution in [2.24, 2.45) is 11.7 Å². The van der Waals surface area contributed by atoms with Crippen LogP contribution in [0.5, 0.6) is 0 Å². The molecule has 1 aliphatic rings. The third kappa shape index (κ3) is 3.92. The van der Waals surface area contributed by atoms with E-state index in [0.717, 1.165) is 39.0 Å². The lowest BCUT2D eigenvalue weighted by Gasteiger charge is -2.38. The van der Waals surface area contributed by atoms with Crippen LogP contribution >= 0.6 is 12.2 Å². The van der Waals surface area contributed by atoms with Gasteiger partial charge in [-0.3, -0.25) is 9.69 Å². The molecule has 18 heavy (non-hydrogen) atoms. The summed E-state index contributed by atoms with van der Waals surface area (Å²) in [5, 5.41) is 0. The molecule has 0 spiro atoms. The van der Waals surface area contributed by atoms with Crippen molar-refractivity contribution in [2.75, 3.05) is 26.2 Å². The second kappa shape index (κ2) is 7.04. The minimum absolute atomic E-state index is 0.130. The van der Waals surface area contributed by atoms with E-state index in [9.17, 15) is 4.79 Å². The average molecular weight is 271 g/mol. The first-order valence-corrected chi connectivity index (χ1v) is 7.20. The number of hydrogen-bond donors (Lipinski definition) is 1. The molecular formula is C13H25N3OS. The zero-order valence-corrected chi connectivity index (χ0v) is 12.5. The first-order chi connectivity index (χ1) is 8.47. The number of rotatable bonds is 5. The van der Waals surface area contributed by atoms with Crippen LogP contribution in [0, 0.1) is 5.92 Å². The molecule has 104 valence electrons. The van der Waals surface area contributed by atoms with Gasteiger partial charge in [-0.2, -0.15) is 0 Å². The zero-order valence-electron chi connectivity index (χ0n) is 11.7. The number of carbonyl (C=O) groups excluding carboxylic acids is 1. The molecule has 0 saturated carbocycles. The fourth-order valence-electron chi connectivity index (χ4n) is 2.38. The highest BCUT2D eigenvalue weighted by Gasteiger charge is 2.26. The molecule has 1 fully saturated rings. The van der Waals surface area contributed by atoms with Gasteiger partial charge in [0.05, 0.1) is 11.0 Å². The van der Waals surface area contributed by atoms with Crippen molar-refractivity contribution < 1.29 is 4.79 Å². The fourth-order valence-corrected chi connectivity index (χ4v) is 2.53. The fraction of sp³-hybridized carbons (Fsp3) is 0.846. The van der Waals surface area contributed by atoms with Crippen molar-refractivity contribution >= 4 is 23.1 Å². The lowest BCUT2D eigenvalue weighted by Crippen LogP contribution is -2.54. The van der Waals surface area contributed by atoms with Crippen LogP contribution in [0.2, 0.25) is 0 Å². The standard InChI is InChI=1S/C13H25N3OS/c1-4-5-10(2)13(17)16-8-6-15(7-9-16)11(3)12(14)18/h10-11H,4-9H2,1-3H3,(H2,14,18). The van der Waals surface area contributed by atoms with E-state index in [0.29, 0.717) is 10.9 Å². The second-order valence-corrected chi connectivity index (χ2v) is 5.60. The van der Waals surface area contributed by atoms with Gasteiger partial charge in [-0.05, 0) is 13.3 Å². The highest BCUT2D eigenvalue weighted by Crippen LogP contribution is 2.13. The van der Waals surface area contributed by atoms with Crippen LogP contribution in [0.3, 0.4) is 0 Å². The number of thiocarbonyl (C=S) groups is 1. The minimum atomic E-state index is 0.130. The van der Waals surface area contributed by atoms with Gasteiger partial charge in [-0.15, -0.1) is 0 Å². The van der Waals surface area contributed by atoms with Gasteiger partial charge in [0, 0.05) is 32.1 Å². The van der Waals surface area contributed by atoms with Gasteiger partial charge in [0.25, 0.3) is 0 Å². The summed E-state index contributed by atoms with van der Waals surface area (Å²) in [5.41, 5.74) is 5.66. The Kier molecular flexibility index (Phi) is 6.02. The van der Waals surface area contributed by atoms with E-state index in [1.165, 1.54) is 0 Å². The van der Waals surface area contributed by atoms with E-state index < -0.39 is 0 Å². The molecule has 0 aromatic rings. The van der Waals surface area contributed by atoms with Crippen molar-refractivity contribution in [3.63, 3.8) is 0 Å². The Morgan fingerprint density at radius 3 is 2.28 bits per heavy atom. The third-order valence-electron chi connectivity index (χ3n) is 3.73. The van der Waals surface area contributed by atoms with Gasteiger partial charge in [-0.25, -0.2) is 0 Å². The Hall–Kier alpha value is -0.680. The highest BCUT2D eigenvalue weighted by atomic mass is 32.1. The summed E-state index contributed by atoms with van der Waals surface area (Å²) in [4.78, 5) is 16.9. The molecule has 2 unspecified atom stereocenters. The van der Waals surface area contributed by atoms with E-state index in [1.807, 2.05) is 18.7 Å². The smallest absolute Gasteiger partial charge is 0.225 e. The van der Waals surface area contributed by atoms with Crippen LogP contribution in [0.15, 0.2) is 0 Å². The zero-order chi connectivity index (χ0) is 13.7. The molecule has 5 heteroatoms. The summed E-state index contributed by atoms with van der Waals surface area (Å²) in [7, 11) is 0. The number of amides is 1. The van der Waals surface area contributed by atoms with E-state index in [1.54, 1.807) is 0 Å². The lowest BCUT2D eigenvalue weighted by molar-refractivity contribution is -0.137. The van der Waals surface area contributed by atoms with E-state index in [2.05, 4.69) is 11.8 Å². The van der Waals surface area contributed by atoms with Gasteiger partial charge in [0.15, 0.2) is 0 Å². The maximum atomic E-state index is 12.2. The maximum Gasteiger partial charge on any atom is 0.225 e. The van der Waals surface area contributed by atoms with Crippen molar-refractivity contribution in [1.29, 1.82) is 0 Å². The Labute approximate surface area is 115 Å². The summed E-state index contributed by atoms with van der Waals surface area (Å²) < 4.78 is 0. The number of piperazine rings is 1. The SMILES string of the molecule is CCCC(C)C(=O)N1CCN(C(C)C(N)=S)CC1. The summed E-state index contributed by atoms with van der Waals surface area (Å²) >= 11 is 5.01. The summed E-state index contributed by atoms with van der Waals surface area (Å²) in [6.45, 7) is 9.48. The van der Waals surface area contributed by atoms with E-state index in [4.69, 9.17) is 18.0 Å². The number of carbonyl (C=O) groups is 1. The van der Waals surface area contributed by atoms with Crippen LogP contribution < -0.4 is 5.73 Å². The average Bonchev–Trinajstić information content (AvgIpc) is 2.37. The quantitative estimate of drug-likeness (QED) is 0.764. The molecule has 1 saturated heterocycles. The molecule has 1 heterocycles. The Morgan fingerprint density at radius 1 is 1.28 bits per heavy atom. The van der Waals surface area contributed by atoms with Crippen LogP contribution in [0.4, 0.5) is 0 Å². The first kappa shape index (κ1) is 15.4. The third-order valence-corrected chi connectivity index (χ3v) is 4.07. The Bertz CT molecular complexity index is 301. The van der Waals surface area contributed by atoms with Crippen LogP contribution in [0.1, 0.15) is 33.6 Å². The minimum Gasteiger partial charge on any atom is -0.392 e. The second-order valence-electron chi connectivity index (χ2n) is 5.13. The van der Waals surface area contributed by atoms with Gasteiger partial charge < -0.3 is 10.6 Å². The largest absolute Gasteiger partial charge is 0.392 e. The van der Waals surface area contributed by atoms with Crippen LogP contribution in [-0.2, 0) is 4.79 Å². The molecule has 2 N–H and O–H groups in total. The predicted molar refractivity (Wildman–Crippen MR) is 78.5 cm³/mol. The van der Waals surface area contributed by atoms with E-state index in [-0.39, 0.29) is 12.0 Å². The summed E-state index contributed by atoms with van der Waals surface area (Å²) in [6, 6.07) is 0.130. The topological polar surface area (TPSA) is 49.6 Å². The molecular weight excluding hydrogens is 246 g/mol. The molecule has 0 aromatic heterocycles. The summed E-state index contributed by atoms with van der Waals surface area (Å²) in [5.74, 6) is 0.439. The van der Waals surface area contributed by atoms with Crippen molar-refractivity contribution in [1.82, 2.24) is 9.80 Å². The monoisotopic (exact) mass is 271 g/mol. The van der Waals surface area contributed by atoms with Crippen molar-refractivity contribution in [3.05, 3.63) is 0 Å². The molecule has 2 atom stereocenters. The molecule has 0 radical (unpaired) electrons. The van der Waals surface area contributed by atoms with E-state index >= 15 is 0 Å². The highest BCUT2D eigenvalue weighted by molar-refractivity contribution is 7.80. The Morgan fingerprint density at radius 2 is 1.83 bits per heavy atom. The van der Waals surface area contributed by atoms with Gasteiger partial charge in [-0.1, -0.05) is 32.5 Å². The van der Waals surface area contributed by atoms with Crippen LogP contribution in [-0.4, -0.2) is 52.9 Å². The van der Waals surface area contributed by atoms with Gasteiger partial charge in [0.2, 0.25) is 5.91 Å². The summed E-state index contributed by atoms with van der Waals surface area (Å²) in [6.07, 6.45) is 2.04. The molecule has 1 rings (SSSR count). The van der Waals surface area contributed by atoms with Gasteiger partial charge in [0.1, 0.15) is 0 Å². The van der Waals surface area contributed by atoms with Gasteiger partial charge >= 0.3 is 0 Å². The molecule has 4 nitrogen and oxygen atoms in total. The molecule has 1 amide bonds. The van der Waals surface area contributed by atoms with Crippen molar-refractivity contribution in [3.8, 4) is 0 Å². The van der Waals surface area contributed by atoms with Crippen LogP contribution in [0.25, 0.3) is 0 Å². The normalized spacial score (nSPS) is 20.5.